The minimum absolute atomic E-state index is 0.0744. The zero-order chi connectivity index (χ0) is 12.8. The Bertz CT molecular complexity index is 408. The van der Waals surface area contributed by atoms with Gasteiger partial charge in [-0.05, 0) is 31.9 Å². The minimum atomic E-state index is -0.492. The van der Waals surface area contributed by atoms with Crippen LogP contribution in [0.5, 0.6) is 0 Å². The van der Waals surface area contributed by atoms with E-state index >= 15 is 0 Å². The molecule has 0 radical (unpaired) electrons. The Kier molecular flexibility index (Phi) is 4.75. The first-order valence-electron chi connectivity index (χ1n) is 5.54. The summed E-state index contributed by atoms with van der Waals surface area (Å²) in [5.41, 5.74) is 11.9. The van der Waals surface area contributed by atoms with Gasteiger partial charge in [0.1, 0.15) is 0 Å². The second kappa shape index (κ2) is 6.08. The molecule has 0 saturated carbocycles. The molecule has 0 aliphatic rings. The lowest BCUT2D eigenvalue weighted by Gasteiger charge is -2.08. The standard InChI is InChI=1S/C12H17FN2O2/c1-2-17-11(16)5-3-4-8-9(14)6-7-10(15)12(8)13/h6-7H,2-5,14-15H2,1H3. The van der Waals surface area contributed by atoms with Crippen molar-refractivity contribution < 1.29 is 13.9 Å². The summed E-state index contributed by atoms with van der Waals surface area (Å²) >= 11 is 0. The number of anilines is 2. The number of nitrogen functional groups attached to an aromatic ring is 2. The fourth-order valence-electron chi connectivity index (χ4n) is 1.55. The monoisotopic (exact) mass is 240 g/mol. The highest BCUT2D eigenvalue weighted by atomic mass is 19.1. The summed E-state index contributed by atoms with van der Waals surface area (Å²) in [6.45, 7) is 2.10. The molecule has 0 aliphatic carbocycles. The van der Waals surface area contributed by atoms with Gasteiger partial charge in [-0.25, -0.2) is 4.39 Å². The van der Waals surface area contributed by atoms with E-state index in [0.717, 1.165) is 0 Å². The van der Waals surface area contributed by atoms with Crippen LogP contribution in [0.25, 0.3) is 0 Å². The molecule has 0 saturated heterocycles. The first-order valence-corrected chi connectivity index (χ1v) is 5.54. The third kappa shape index (κ3) is 3.62. The van der Waals surface area contributed by atoms with Gasteiger partial charge in [-0.15, -0.1) is 0 Å². The maximum absolute atomic E-state index is 13.6. The van der Waals surface area contributed by atoms with Crippen molar-refractivity contribution in [2.75, 3.05) is 18.1 Å². The molecule has 94 valence electrons. The van der Waals surface area contributed by atoms with Crippen LogP contribution in [0.15, 0.2) is 12.1 Å². The van der Waals surface area contributed by atoms with Crippen molar-refractivity contribution in [3.05, 3.63) is 23.5 Å². The van der Waals surface area contributed by atoms with E-state index in [-0.39, 0.29) is 18.1 Å². The number of benzene rings is 1. The smallest absolute Gasteiger partial charge is 0.305 e. The van der Waals surface area contributed by atoms with Crippen LogP contribution in [0.3, 0.4) is 0 Å². The summed E-state index contributed by atoms with van der Waals surface area (Å²) in [4.78, 5) is 11.1. The predicted molar refractivity (Wildman–Crippen MR) is 64.8 cm³/mol. The van der Waals surface area contributed by atoms with Gasteiger partial charge in [0, 0.05) is 17.7 Å². The summed E-state index contributed by atoms with van der Waals surface area (Å²) < 4.78 is 18.4. The fraction of sp³-hybridized carbons (Fsp3) is 0.417. The van der Waals surface area contributed by atoms with Crippen molar-refractivity contribution in [3.8, 4) is 0 Å². The van der Waals surface area contributed by atoms with Crippen LogP contribution in [0, 0.1) is 5.82 Å². The summed E-state index contributed by atoms with van der Waals surface area (Å²) in [5.74, 6) is -0.774. The number of carbonyl (C=O) groups excluding carboxylic acids is 1. The second-order valence-corrected chi connectivity index (χ2v) is 3.70. The number of hydrogen-bond acceptors (Lipinski definition) is 4. The highest BCUT2D eigenvalue weighted by Gasteiger charge is 2.10. The highest BCUT2D eigenvalue weighted by molar-refractivity contribution is 5.69. The molecule has 1 rings (SSSR count). The number of nitrogens with two attached hydrogens (primary N) is 2. The van der Waals surface area contributed by atoms with Crippen LogP contribution in [0.4, 0.5) is 15.8 Å². The number of ether oxygens (including phenoxy) is 1. The van der Waals surface area contributed by atoms with Crippen molar-refractivity contribution in [3.63, 3.8) is 0 Å². The molecule has 0 amide bonds. The molecular weight excluding hydrogens is 223 g/mol. The van der Waals surface area contributed by atoms with Gasteiger partial charge in [0.05, 0.1) is 12.3 Å². The molecule has 4 N–H and O–H groups in total. The molecule has 0 unspecified atom stereocenters. The number of esters is 1. The third-order valence-electron chi connectivity index (χ3n) is 2.42. The largest absolute Gasteiger partial charge is 0.466 e. The quantitative estimate of drug-likeness (QED) is 0.608. The average Bonchev–Trinajstić information content (AvgIpc) is 2.29. The van der Waals surface area contributed by atoms with Crippen molar-refractivity contribution >= 4 is 17.3 Å². The molecule has 17 heavy (non-hydrogen) atoms. The SMILES string of the molecule is CCOC(=O)CCCc1c(N)ccc(N)c1F. The van der Waals surface area contributed by atoms with E-state index in [1.165, 1.54) is 6.07 Å². The van der Waals surface area contributed by atoms with Gasteiger partial charge in [0.15, 0.2) is 5.82 Å². The summed E-state index contributed by atoms with van der Waals surface area (Å²) in [7, 11) is 0. The Balaban J connectivity index is 2.58. The van der Waals surface area contributed by atoms with E-state index in [9.17, 15) is 9.18 Å². The Morgan fingerprint density at radius 3 is 2.65 bits per heavy atom. The van der Waals surface area contributed by atoms with E-state index in [0.29, 0.717) is 30.7 Å². The van der Waals surface area contributed by atoms with Gasteiger partial charge in [0.2, 0.25) is 0 Å². The van der Waals surface area contributed by atoms with Crippen LogP contribution in [-0.4, -0.2) is 12.6 Å². The molecule has 1 aromatic carbocycles. The molecule has 0 aliphatic heterocycles. The third-order valence-corrected chi connectivity index (χ3v) is 2.42. The van der Waals surface area contributed by atoms with Crippen LogP contribution < -0.4 is 11.5 Å². The van der Waals surface area contributed by atoms with E-state index in [4.69, 9.17) is 16.2 Å². The number of halogens is 1. The maximum atomic E-state index is 13.6. The second-order valence-electron chi connectivity index (χ2n) is 3.70. The van der Waals surface area contributed by atoms with E-state index in [1.54, 1.807) is 13.0 Å². The molecule has 0 bridgehead atoms. The molecule has 0 heterocycles. The zero-order valence-corrected chi connectivity index (χ0v) is 9.83. The lowest BCUT2D eigenvalue weighted by Crippen LogP contribution is -2.06. The lowest BCUT2D eigenvalue weighted by molar-refractivity contribution is -0.143. The highest BCUT2D eigenvalue weighted by Crippen LogP contribution is 2.23. The number of hydrogen-bond donors (Lipinski definition) is 2. The van der Waals surface area contributed by atoms with Gasteiger partial charge in [-0.2, -0.15) is 0 Å². The molecule has 5 heteroatoms. The van der Waals surface area contributed by atoms with Crippen molar-refractivity contribution in [1.82, 2.24) is 0 Å². The molecule has 0 aromatic heterocycles. The molecule has 1 aromatic rings. The summed E-state index contributed by atoms with van der Waals surface area (Å²) in [6, 6.07) is 3.00. The average molecular weight is 240 g/mol. The lowest BCUT2D eigenvalue weighted by atomic mass is 10.0. The van der Waals surface area contributed by atoms with Crippen molar-refractivity contribution in [2.45, 2.75) is 26.2 Å². The van der Waals surface area contributed by atoms with Crippen LogP contribution >= 0.6 is 0 Å². The van der Waals surface area contributed by atoms with E-state index < -0.39 is 5.82 Å². The normalized spacial score (nSPS) is 10.2. The maximum Gasteiger partial charge on any atom is 0.305 e. The zero-order valence-electron chi connectivity index (χ0n) is 9.83. The minimum Gasteiger partial charge on any atom is -0.466 e. The van der Waals surface area contributed by atoms with Crippen LogP contribution in [-0.2, 0) is 16.0 Å². The van der Waals surface area contributed by atoms with Crippen LogP contribution in [0.1, 0.15) is 25.3 Å². The Labute approximate surface area is 99.7 Å². The van der Waals surface area contributed by atoms with Gasteiger partial charge in [-0.3, -0.25) is 4.79 Å². The Hall–Kier alpha value is -1.78. The van der Waals surface area contributed by atoms with E-state index in [2.05, 4.69) is 0 Å². The fourth-order valence-corrected chi connectivity index (χ4v) is 1.55. The first-order chi connectivity index (χ1) is 8.06. The molecule has 4 nitrogen and oxygen atoms in total. The predicted octanol–water partition coefficient (Wildman–Crippen LogP) is 1.88. The molecule has 0 spiro atoms. The molecule has 0 fully saturated rings. The molecule has 0 atom stereocenters. The van der Waals surface area contributed by atoms with Crippen molar-refractivity contribution in [2.24, 2.45) is 0 Å². The Morgan fingerprint density at radius 1 is 1.35 bits per heavy atom. The van der Waals surface area contributed by atoms with E-state index in [1.807, 2.05) is 0 Å². The van der Waals surface area contributed by atoms with Gasteiger partial charge >= 0.3 is 5.97 Å². The van der Waals surface area contributed by atoms with Gasteiger partial charge < -0.3 is 16.2 Å². The number of carbonyl (C=O) groups is 1. The first kappa shape index (κ1) is 13.3. The van der Waals surface area contributed by atoms with Gasteiger partial charge in [-0.1, -0.05) is 0 Å². The topological polar surface area (TPSA) is 78.3 Å². The summed E-state index contributed by atoms with van der Waals surface area (Å²) in [6.07, 6.45) is 1.12. The molecular formula is C12H17FN2O2. The summed E-state index contributed by atoms with van der Waals surface area (Å²) in [5, 5.41) is 0. The van der Waals surface area contributed by atoms with Crippen molar-refractivity contribution in [1.29, 1.82) is 0 Å². The number of rotatable bonds is 5. The van der Waals surface area contributed by atoms with Crippen LogP contribution in [0.2, 0.25) is 0 Å². The Morgan fingerprint density at radius 2 is 2.00 bits per heavy atom. The van der Waals surface area contributed by atoms with Gasteiger partial charge in [0.25, 0.3) is 0 Å².